The molecule has 1 unspecified atom stereocenters. The molecule has 4 heteroatoms. The van der Waals surface area contributed by atoms with Crippen LogP contribution in [0.1, 0.15) is 33.1 Å². The molecule has 0 aromatic carbocycles. The maximum atomic E-state index is 11.1. The molecule has 0 aliphatic heterocycles. The second-order valence-corrected chi connectivity index (χ2v) is 3.11. The largest absolute Gasteiger partial charge is 0.465 e. The molecule has 0 aliphatic carbocycles. The molecule has 0 saturated carbocycles. The van der Waals surface area contributed by atoms with Crippen molar-refractivity contribution >= 4 is 5.97 Å². The molecule has 1 atom stereocenters. The lowest BCUT2D eigenvalue weighted by Gasteiger charge is -2.10. The van der Waals surface area contributed by atoms with Gasteiger partial charge in [0.2, 0.25) is 0 Å². The minimum absolute atomic E-state index is 0.341. The lowest BCUT2D eigenvalue weighted by atomic mass is 10.2. The molecule has 0 radical (unpaired) electrons. The van der Waals surface area contributed by atoms with Gasteiger partial charge < -0.3 is 15.2 Å². The van der Waals surface area contributed by atoms with Crippen molar-refractivity contribution in [1.82, 2.24) is 0 Å². The highest BCUT2D eigenvalue weighted by atomic mass is 16.5. The number of hydrogen-bond acceptors (Lipinski definition) is 4. The third kappa shape index (κ3) is 6.86. The molecule has 0 rings (SSSR count). The average molecular weight is 203 g/mol. The standard InChI is InChI=1S/C10H21NO3/c1-3-5-7-13-8-6-9(11)10(12)14-4-2/h9H,3-8,11H2,1-2H3. The van der Waals surface area contributed by atoms with Crippen LogP contribution in [0.3, 0.4) is 0 Å². The maximum absolute atomic E-state index is 11.1. The molecule has 0 bridgehead atoms. The van der Waals surface area contributed by atoms with Gasteiger partial charge in [-0.25, -0.2) is 0 Å². The molecule has 0 spiro atoms. The first-order valence-corrected chi connectivity index (χ1v) is 5.22. The van der Waals surface area contributed by atoms with E-state index < -0.39 is 6.04 Å². The number of unbranched alkanes of at least 4 members (excludes halogenated alkanes) is 1. The Morgan fingerprint density at radius 3 is 2.64 bits per heavy atom. The van der Waals surface area contributed by atoms with E-state index >= 15 is 0 Å². The number of hydrogen-bond donors (Lipinski definition) is 1. The Morgan fingerprint density at radius 1 is 1.36 bits per heavy atom. The Labute approximate surface area is 85.8 Å². The summed E-state index contributed by atoms with van der Waals surface area (Å²) < 4.78 is 10.0. The van der Waals surface area contributed by atoms with E-state index in [1.807, 2.05) is 0 Å². The van der Waals surface area contributed by atoms with E-state index in [2.05, 4.69) is 6.92 Å². The Balaban J connectivity index is 3.34. The van der Waals surface area contributed by atoms with Crippen molar-refractivity contribution in [2.24, 2.45) is 5.73 Å². The predicted octanol–water partition coefficient (Wildman–Crippen LogP) is 1.08. The van der Waals surface area contributed by atoms with Crippen LogP contribution in [0, 0.1) is 0 Å². The molecule has 14 heavy (non-hydrogen) atoms. The molecule has 2 N–H and O–H groups in total. The van der Waals surface area contributed by atoms with Crippen molar-refractivity contribution in [2.45, 2.75) is 39.2 Å². The second kappa shape index (κ2) is 8.97. The minimum Gasteiger partial charge on any atom is -0.465 e. The van der Waals surface area contributed by atoms with Crippen LogP contribution in [0.25, 0.3) is 0 Å². The van der Waals surface area contributed by atoms with Crippen molar-refractivity contribution < 1.29 is 14.3 Å². The van der Waals surface area contributed by atoms with E-state index in [0.29, 0.717) is 19.6 Å². The number of ether oxygens (including phenoxy) is 2. The van der Waals surface area contributed by atoms with Crippen LogP contribution in [-0.4, -0.2) is 31.8 Å². The van der Waals surface area contributed by atoms with Gasteiger partial charge in [-0.3, -0.25) is 4.79 Å². The van der Waals surface area contributed by atoms with Gasteiger partial charge >= 0.3 is 5.97 Å². The fraction of sp³-hybridized carbons (Fsp3) is 0.900. The number of rotatable bonds is 8. The molecule has 0 aromatic rings. The smallest absolute Gasteiger partial charge is 0.322 e. The molecular weight excluding hydrogens is 182 g/mol. The first-order chi connectivity index (χ1) is 6.72. The van der Waals surface area contributed by atoms with E-state index in [-0.39, 0.29) is 5.97 Å². The number of esters is 1. The highest BCUT2D eigenvalue weighted by molar-refractivity contribution is 5.75. The van der Waals surface area contributed by atoms with Crippen LogP contribution in [0.2, 0.25) is 0 Å². The molecule has 0 heterocycles. The van der Waals surface area contributed by atoms with Gasteiger partial charge in [-0.2, -0.15) is 0 Å². The number of nitrogens with two attached hydrogens (primary N) is 1. The summed E-state index contributed by atoms with van der Waals surface area (Å²) in [5.41, 5.74) is 5.56. The Hall–Kier alpha value is -0.610. The lowest BCUT2D eigenvalue weighted by molar-refractivity contribution is -0.145. The molecule has 4 nitrogen and oxygen atoms in total. The quantitative estimate of drug-likeness (QED) is 0.473. The summed E-state index contributed by atoms with van der Waals surface area (Å²) in [5, 5.41) is 0. The zero-order valence-corrected chi connectivity index (χ0v) is 9.12. The highest BCUT2D eigenvalue weighted by Gasteiger charge is 2.13. The lowest BCUT2D eigenvalue weighted by Crippen LogP contribution is -2.33. The fourth-order valence-corrected chi connectivity index (χ4v) is 0.926. The number of carbonyl (C=O) groups excluding carboxylic acids is 1. The van der Waals surface area contributed by atoms with Crippen molar-refractivity contribution in [1.29, 1.82) is 0 Å². The monoisotopic (exact) mass is 203 g/mol. The van der Waals surface area contributed by atoms with Gasteiger partial charge in [0.15, 0.2) is 0 Å². The summed E-state index contributed by atoms with van der Waals surface area (Å²) in [4.78, 5) is 11.1. The van der Waals surface area contributed by atoms with Crippen molar-refractivity contribution in [3.8, 4) is 0 Å². The van der Waals surface area contributed by atoms with Crippen molar-refractivity contribution in [2.75, 3.05) is 19.8 Å². The first kappa shape index (κ1) is 13.4. The van der Waals surface area contributed by atoms with Crippen LogP contribution in [-0.2, 0) is 14.3 Å². The van der Waals surface area contributed by atoms with E-state index in [9.17, 15) is 4.79 Å². The van der Waals surface area contributed by atoms with Crippen LogP contribution >= 0.6 is 0 Å². The topological polar surface area (TPSA) is 61.5 Å². The van der Waals surface area contributed by atoms with Crippen molar-refractivity contribution in [3.63, 3.8) is 0 Å². The van der Waals surface area contributed by atoms with Gasteiger partial charge in [-0.05, 0) is 19.8 Å². The summed E-state index contributed by atoms with van der Waals surface area (Å²) in [5.74, 6) is -0.341. The second-order valence-electron chi connectivity index (χ2n) is 3.11. The summed E-state index contributed by atoms with van der Waals surface area (Å²) in [7, 11) is 0. The van der Waals surface area contributed by atoms with Crippen LogP contribution in [0.4, 0.5) is 0 Å². The molecule has 0 saturated heterocycles. The van der Waals surface area contributed by atoms with Crippen LogP contribution < -0.4 is 5.73 Å². The summed E-state index contributed by atoms with van der Waals surface area (Å²) in [6.07, 6.45) is 2.70. The molecular formula is C10H21NO3. The molecule has 84 valence electrons. The van der Waals surface area contributed by atoms with Gasteiger partial charge in [0.05, 0.1) is 6.61 Å². The van der Waals surface area contributed by atoms with Crippen molar-refractivity contribution in [3.05, 3.63) is 0 Å². The van der Waals surface area contributed by atoms with E-state index in [1.54, 1.807) is 6.92 Å². The Morgan fingerprint density at radius 2 is 2.07 bits per heavy atom. The van der Waals surface area contributed by atoms with E-state index in [4.69, 9.17) is 15.2 Å². The maximum Gasteiger partial charge on any atom is 0.322 e. The Bertz CT molecular complexity index is 150. The van der Waals surface area contributed by atoms with Gasteiger partial charge in [0.1, 0.15) is 6.04 Å². The summed E-state index contributed by atoms with van der Waals surface area (Å²) in [6, 6.07) is -0.545. The van der Waals surface area contributed by atoms with Gasteiger partial charge in [-0.1, -0.05) is 13.3 Å². The normalized spacial score (nSPS) is 12.5. The molecule has 0 amide bonds. The van der Waals surface area contributed by atoms with E-state index in [1.165, 1.54) is 0 Å². The third-order valence-electron chi connectivity index (χ3n) is 1.80. The Kier molecular flexibility index (Phi) is 8.57. The molecule has 0 aromatic heterocycles. The zero-order chi connectivity index (χ0) is 10.8. The molecule has 0 aliphatic rings. The predicted molar refractivity (Wildman–Crippen MR) is 55.0 cm³/mol. The highest BCUT2D eigenvalue weighted by Crippen LogP contribution is 1.95. The zero-order valence-electron chi connectivity index (χ0n) is 9.12. The van der Waals surface area contributed by atoms with Crippen LogP contribution in [0.5, 0.6) is 0 Å². The summed E-state index contributed by atoms with van der Waals surface area (Å²) in [6.45, 7) is 5.52. The first-order valence-electron chi connectivity index (χ1n) is 5.22. The van der Waals surface area contributed by atoms with E-state index in [0.717, 1.165) is 19.4 Å². The fourth-order valence-electron chi connectivity index (χ4n) is 0.926. The SMILES string of the molecule is CCCCOCCC(N)C(=O)OCC. The van der Waals surface area contributed by atoms with Gasteiger partial charge in [-0.15, -0.1) is 0 Å². The average Bonchev–Trinajstić information content (AvgIpc) is 2.17. The summed E-state index contributed by atoms with van der Waals surface area (Å²) >= 11 is 0. The molecule has 0 fully saturated rings. The van der Waals surface area contributed by atoms with Gasteiger partial charge in [0.25, 0.3) is 0 Å². The minimum atomic E-state index is -0.545. The number of carbonyl (C=O) groups is 1. The van der Waals surface area contributed by atoms with Gasteiger partial charge in [0, 0.05) is 13.2 Å². The third-order valence-corrected chi connectivity index (χ3v) is 1.80. The van der Waals surface area contributed by atoms with Crippen LogP contribution in [0.15, 0.2) is 0 Å².